The molecule has 2 rings (SSSR count). The summed E-state index contributed by atoms with van der Waals surface area (Å²) in [5.41, 5.74) is 6.77. The van der Waals surface area contributed by atoms with Gasteiger partial charge < -0.3 is 15.6 Å². The second kappa shape index (κ2) is 7.65. The molecule has 1 aliphatic rings. The number of benzene rings is 1. The largest absolute Gasteiger partial charge is 0.490 e. The average Bonchev–Trinajstić information content (AvgIpc) is 2.51. The number of nitrogens with two attached hydrogens (primary N) is 1. The molecule has 5 nitrogen and oxygen atoms in total. The highest BCUT2D eigenvalue weighted by Gasteiger charge is 2.50. The number of alkyl halides is 3. The van der Waals surface area contributed by atoms with Gasteiger partial charge in [0.1, 0.15) is 6.61 Å². The van der Waals surface area contributed by atoms with Crippen molar-refractivity contribution in [3.63, 3.8) is 0 Å². The van der Waals surface area contributed by atoms with Gasteiger partial charge in [0.25, 0.3) is 0 Å². The van der Waals surface area contributed by atoms with Gasteiger partial charge in [-0.25, -0.2) is 4.79 Å². The highest BCUT2D eigenvalue weighted by molar-refractivity contribution is 5.75. The zero-order valence-electron chi connectivity index (χ0n) is 13.3. The average molecular weight is 347 g/mol. The van der Waals surface area contributed by atoms with E-state index in [1.807, 2.05) is 44.2 Å². The van der Waals surface area contributed by atoms with Crippen molar-refractivity contribution in [2.24, 2.45) is 17.1 Å². The molecule has 0 aliphatic heterocycles. The minimum Gasteiger partial charge on any atom is -0.475 e. The van der Waals surface area contributed by atoms with Crippen molar-refractivity contribution in [2.45, 2.75) is 39.1 Å². The summed E-state index contributed by atoms with van der Waals surface area (Å²) in [7, 11) is 0. The number of rotatable bonds is 3. The summed E-state index contributed by atoms with van der Waals surface area (Å²) in [6.07, 6.45) is -4.35. The Morgan fingerprint density at radius 2 is 1.79 bits per heavy atom. The van der Waals surface area contributed by atoms with Crippen LogP contribution in [0.3, 0.4) is 0 Å². The topological polar surface area (TPSA) is 89.6 Å². The maximum Gasteiger partial charge on any atom is 0.490 e. The summed E-state index contributed by atoms with van der Waals surface area (Å²) < 4.78 is 37.1. The minimum atomic E-state index is -5.08. The Balaban J connectivity index is 0.000000351. The molecule has 0 radical (unpaired) electrons. The fourth-order valence-corrected chi connectivity index (χ4v) is 2.19. The van der Waals surface area contributed by atoms with E-state index in [1.54, 1.807) is 0 Å². The fraction of sp³-hybridized carbons (Fsp3) is 0.500. The number of ether oxygens (including phenoxy) is 1. The van der Waals surface area contributed by atoms with E-state index in [9.17, 15) is 18.0 Å². The third-order valence-corrected chi connectivity index (χ3v) is 4.09. The van der Waals surface area contributed by atoms with Crippen molar-refractivity contribution in [1.29, 1.82) is 0 Å². The first-order valence-corrected chi connectivity index (χ1v) is 7.22. The molecule has 0 bridgehead atoms. The van der Waals surface area contributed by atoms with E-state index >= 15 is 0 Å². The lowest BCUT2D eigenvalue weighted by Crippen LogP contribution is -2.57. The van der Waals surface area contributed by atoms with Crippen LogP contribution in [0.15, 0.2) is 30.3 Å². The van der Waals surface area contributed by atoms with Crippen LogP contribution in [0.4, 0.5) is 13.2 Å². The van der Waals surface area contributed by atoms with Crippen molar-refractivity contribution in [3.8, 4) is 0 Å². The number of carbonyl (C=O) groups is 2. The molecule has 0 saturated heterocycles. The highest BCUT2D eigenvalue weighted by atomic mass is 19.4. The van der Waals surface area contributed by atoms with E-state index in [2.05, 4.69) is 0 Å². The standard InChI is InChI=1S/C14H19NO2.C2HF3O2/c1-14(2)11(8-12(14)15)13(16)17-9-10-6-4-3-5-7-10;3-2(4,5)1(6)7/h3-7,11-12H,8-9,15H2,1-2H3;(H,6,7)/t11-,12-;/m1./s1. The predicted molar refractivity (Wildman–Crippen MR) is 79.8 cm³/mol. The van der Waals surface area contributed by atoms with Crippen molar-refractivity contribution in [1.82, 2.24) is 0 Å². The van der Waals surface area contributed by atoms with Crippen LogP contribution in [-0.2, 0) is 20.9 Å². The highest BCUT2D eigenvalue weighted by Crippen LogP contribution is 2.45. The molecule has 0 unspecified atom stereocenters. The van der Waals surface area contributed by atoms with Gasteiger partial charge in [-0.15, -0.1) is 0 Å². The lowest BCUT2D eigenvalue weighted by atomic mass is 9.59. The molecule has 8 heteroatoms. The first kappa shape index (κ1) is 20.0. The number of aliphatic carboxylic acids is 1. The van der Waals surface area contributed by atoms with E-state index in [0.29, 0.717) is 6.61 Å². The smallest absolute Gasteiger partial charge is 0.475 e. The van der Waals surface area contributed by atoms with E-state index in [0.717, 1.165) is 12.0 Å². The Morgan fingerprint density at radius 3 is 2.17 bits per heavy atom. The minimum absolute atomic E-state index is 0.0544. The van der Waals surface area contributed by atoms with Crippen molar-refractivity contribution < 1.29 is 32.6 Å². The Hall–Kier alpha value is -2.09. The van der Waals surface area contributed by atoms with Crippen LogP contribution >= 0.6 is 0 Å². The molecule has 0 spiro atoms. The van der Waals surface area contributed by atoms with Crippen LogP contribution in [0.25, 0.3) is 0 Å². The number of hydrogen-bond acceptors (Lipinski definition) is 4. The number of carboxylic acids is 1. The lowest BCUT2D eigenvalue weighted by Gasteiger charge is -2.48. The lowest BCUT2D eigenvalue weighted by molar-refractivity contribution is -0.192. The zero-order valence-corrected chi connectivity index (χ0v) is 13.3. The maximum atomic E-state index is 11.9. The molecule has 1 fully saturated rings. The number of halogens is 3. The van der Waals surface area contributed by atoms with Crippen LogP contribution < -0.4 is 5.73 Å². The molecule has 2 atom stereocenters. The monoisotopic (exact) mass is 347 g/mol. The first-order valence-electron chi connectivity index (χ1n) is 7.22. The number of hydrogen-bond donors (Lipinski definition) is 2. The SMILES string of the molecule is CC1(C)[C@H](N)C[C@@H]1C(=O)OCc1ccccc1.O=C(O)C(F)(F)F. The van der Waals surface area contributed by atoms with Gasteiger partial charge in [-0.1, -0.05) is 44.2 Å². The first-order chi connectivity index (χ1) is 11.0. The molecule has 24 heavy (non-hydrogen) atoms. The third-order valence-electron chi connectivity index (χ3n) is 4.09. The third kappa shape index (κ3) is 5.23. The molecule has 0 amide bonds. The Labute approximate surface area is 137 Å². The maximum absolute atomic E-state index is 11.9. The van der Waals surface area contributed by atoms with Gasteiger partial charge in [-0.2, -0.15) is 13.2 Å². The summed E-state index contributed by atoms with van der Waals surface area (Å²) in [4.78, 5) is 20.8. The van der Waals surface area contributed by atoms with Crippen molar-refractivity contribution in [2.75, 3.05) is 0 Å². The fourth-order valence-electron chi connectivity index (χ4n) is 2.19. The van der Waals surface area contributed by atoms with E-state index in [-0.39, 0.29) is 23.3 Å². The molecule has 0 heterocycles. The summed E-state index contributed by atoms with van der Waals surface area (Å²) in [6, 6.07) is 9.82. The molecular weight excluding hydrogens is 327 g/mol. The predicted octanol–water partition coefficient (Wildman–Crippen LogP) is 2.74. The van der Waals surface area contributed by atoms with Crippen LogP contribution in [0.2, 0.25) is 0 Å². The quantitative estimate of drug-likeness (QED) is 0.821. The molecular formula is C16H20F3NO4. The van der Waals surface area contributed by atoms with Gasteiger partial charge in [0.15, 0.2) is 0 Å². The van der Waals surface area contributed by atoms with Crippen molar-refractivity contribution in [3.05, 3.63) is 35.9 Å². The normalized spacial score (nSPS) is 21.8. The van der Waals surface area contributed by atoms with Crippen LogP contribution in [-0.4, -0.2) is 29.3 Å². The second-order valence-corrected chi connectivity index (χ2v) is 6.11. The van der Waals surface area contributed by atoms with E-state index in [4.69, 9.17) is 20.4 Å². The molecule has 1 aliphatic carbocycles. The van der Waals surface area contributed by atoms with E-state index < -0.39 is 12.1 Å². The van der Waals surface area contributed by atoms with Gasteiger partial charge in [-0.05, 0) is 17.4 Å². The number of esters is 1. The zero-order chi connectivity index (χ0) is 18.5. The molecule has 1 saturated carbocycles. The van der Waals surface area contributed by atoms with Crippen LogP contribution in [0, 0.1) is 11.3 Å². The Bertz CT molecular complexity index is 572. The van der Waals surface area contributed by atoms with Gasteiger partial charge in [0, 0.05) is 6.04 Å². The summed E-state index contributed by atoms with van der Waals surface area (Å²) >= 11 is 0. The van der Waals surface area contributed by atoms with Gasteiger partial charge in [0.05, 0.1) is 5.92 Å². The Morgan fingerprint density at radius 1 is 1.29 bits per heavy atom. The van der Waals surface area contributed by atoms with Crippen LogP contribution in [0.5, 0.6) is 0 Å². The Kier molecular flexibility index (Phi) is 6.36. The molecule has 134 valence electrons. The number of carboxylic acid groups (broad SMARTS) is 1. The summed E-state index contributed by atoms with van der Waals surface area (Å²) in [6.45, 7) is 4.40. The van der Waals surface area contributed by atoms with Gasteiger partial charge >= 0.3 is 18.1 Å². The van der Waals surface area contributed by atoms with E-state index in [1.165, 1.54) is 0 Å². The van der Waals surface area contributed by atoms with Crippen molar-refractivity contribution >= 4 is 11.9 Å². The summed E-state index contributed by atoms with van der Waals surface area (Å²) in [5, 5.41) is 7.12. The van der Waals surface area contributed by atoms with Gasteiger partial charge in [0.2, 0.25) is 0 Å². The molecule has 1 aromatic rings. The molecule has 1 aromatic carbocycles. The van der Waals surface area contributed by atoms with Gasteiger partial charge in [-0.3, -0.25) is 4.79 Å². The molecule has 0 aromatic heterocycles. The summed E-state index contributed by atoms with van der Waals surface area (Å²) in [5.74, 6) is -2.94. The number of carbonyl (C=O) groups excluding carboxylic acids is 1. The van der Waals surface area contributed by atoms with Crippen LogP contribution in [0.1, 0.15) is 25.8 Å². The second-order valence-electron chi connectivity index (χ2n) is 6.11. The molecule has 3 N–H and O–H groups in total.